The average molecular weight is 171 g/mol. The van der Waals surface area contributed by atoms with Gasteiger partial charge < -0.3 is 5.32 Å². The van der Waals surface area contributed by atoms with Crippen molar-refractivity contribution < 1.29 is 0 Å². The lowest BCUT2D eigenvalue weighted by atomic mass is 9.95. The Kier molecular flexibility index (Phi) is 2.75. The highest BCUT2D eigenvalue weighted by atomic mass is 32.2. The monoisotopic (exact) mass is 171 g/mol. The molecule has 0 aromatic carbocycles. The minimum atomic E-state index is 0.858. The Morgan fingerprint density at radius 2 is 2.00 bits per heavy atom. The van der Waals surface area contributed by atoms with Gasteiger partial charge in [0, 0.05) is 11.3 Å². The van der Waals surface area contributed by atoms with Crippen LogP contribution in [0.2, 0.25) is 0 Å². The van der Waals surface area contributed by atoms with E-state index in [1.54, 1.807) is 0 Å². The zero-order chi connectivity index (χ0) is 7.52. The molecule has 1 nitrogen and oxygen atoms in total. The quantitative estimate of drug-likeness (QED) is 0.598. The van der Waals surface area contributed by atoms with Crippen LogP contribution in [-0.2, 0) is 0 Å². The summed E-state index contributed by atoms with van der Waals surface area (Å²) in [4.78, 5) is 0. The molecule has 2 unspecified atom stereocenters. The first-order valence-electron chi connectivity index (χ1n) is 4.82. The third-order valence-electron chi connectivity index (χ3n) is 2.76. The van der Waals surface area contributed by atoms with Gasteiger partial charge in [-0.3, -0.25) is 0 Å². The summed E-state index contributed by atoms with van der Waals surface area (Å²) in [6, 6.07) is 0.858. The van der Waals surface area contributed by atoms with E-state index in [9.17, 15) is 0 Å². The Labute approximate surface area is 73.3 Å². The van der Waals surface area contributed by atoms with Gasteiger partial charge in [-0.05, 0) is 31.6 Å². The van der Waals surface area contributed by atoms with Crippen molar-refractivity contribution in [3.8, 4) is 0 Å². The third-order valence-corrected chi connectivity index (χ3v) is 4.28. The molecule has 1 saturated carbocycles. The van der Waals surface area contributed by atoms with Crippen LogP contribution in [0.4, 0.5) is 0 Å². The van der Waals surface area contributed by atoms with Gasteiger partial charge in [0.15, 0.2) is 0 Å². The van der Waals surface area contributed by atoms with Gasteiger partial charge in [0.1, 0.15) is 0 Å². The first-order valence-corrected chi connectivity index (χ1v) is 5.87. The lowest BCUT2D eigenvalue weighted by Crippen LogP contribution is -2.39. The number of rotatable bonds is 0. The molecular weight excluding hydrogens is 154 g/mol. The highest BCUT2D eigenvalue weighted by molar-refractivity contribution is 7.99. The van der Waals surface area contributed by atoms with Gasteiger partial charge in [-0.2, -0.15) is 11.8 Å². The number of nitrogens with one attached hydrogen (secondary N) is 1. The zero-order valence-electron chi connectivity index (χ0n) is 7.01. The predicted octanol–water partition coefficient (Wildman–Crippen LogP) is 2.02. The van der Waals surface area contributed by atoms with E-state index >= 15 is 0 Å². The van der Waals surface area contributed by atoms with E-state index < -0.39 is 0 Å². The van der Waals surface area contributed by atoms with E-state index in [1.165, 1.54) is 44.4 Å². The Hall–Kier alpha value is 0.310. The first kappa shape index (κ1) is 7.93. The average Bonchev–Trinajstić information content (AvgIpc) is 2.28. The third kappa shape index (κ3) is 1.91. The summed E-state index contributed by atoms with van der Waals surface area (Å²) in [6.45, 7) is 1.26. The molecule has 0 aromatic heterocycles. The van der Waals surface area contributed by atoms with E-state index in [0.29, 0.717) is 0 Å². The maximum absolute atomic E-state index is 3.66. The Morgan fingerprint density at radius 1 is 1.09 bits per heavy atom. The normalized spacial score (nSPS) is 39.3. The highest BCUT2D eigenvalue weighted by Gasteiger charge is 2.26. The van der Waals surface area contributed by atoms with Crippen LogP contribution in [0.3, 0.4) is 0 Å². The SMILES string of the molecule is C1CNC2CCCCC2SC1. The smallest absolute Gasteiger partial charge is 0.0201 e. The van der Waals surface area contributed by atoms with Gasteiger partial charge in [0.05, 0.1) is 0 Å². The second kappa shape index (κ2) is 3.81. The van der Waals surface area contributed by atoms with E-state index in [-0.39, 0.29) is 0 Å². The van der Waals surface area contributed by atoms with Crippen molar-refractivity contribution in [1.29, 1.82) is 0 Å². The molecule has 0 amide bonds. The molecule has 11 heavy (non-hydrogen) atoms. The van der Waals surface area contributed by atoms with Crippen LogP contribution in [-0.4, -0.2) is 23.6 Å². The number of hydrogen-bond donors (Lipinski definition) is 1. The van der Waals surface area contributed by atoms with Crippen LogP contribution in [0.15, 0.2) is 0 Å². The fourth-order valence-electron chi connectivity index (χ4n) is 2.12. The van der Waals surface area contributed by atoms with Crippen LogP contribution in [0.25, 0.3) is 0 Å². The summed E-state index contributed by atoms with van der Waals surface area (Å²) in [5, 5.41) is 4.61. The van der Waals surface area contributed by atoms with Crippen LogP contribution >= 0.6 is 11.8 Å². The van der Waals surface area contributed by atoms with Crippen molar-refractivity contribution in [3.05, 3.63) is 0 Å². The Bertz CT molecular complexity index is 113. The fourth-order valence-corrected chi connectivity index (χ4v) is 3.54. The molecule has 1 aliphatic heterocycles. The maximum Gasteiger partial charge on any atom is 0.0201 e. The molecule has 1 N–H and O–H groups in total. The Balaban J connectivity index is 1.93. The minimum absolute atomic E-state index is 0.858. The Morgan fingerprint density at radius 3 is 3.00 bits per heavy atom. The molecule has 0 spiro atoms. The van der Waals surface area contributed by atoms with Crippen molar-refractivity contribution in [3.63, 3.8) is 0 Å². The van der Waals surface area contributed by atoms with Gasteiger partial charge in [-0.15, -0.1) is 0 Å². The lowest BCUT2D eigenvalue weighted by molar-refractivity contribution is 0.391. The van der Waals surface area contributed by atoms with Crippen molar-refractivity contribution in [2.24, 2.45) is 0 Å². The second-order valence-electron chi connectivity index (χ2n) is 3.61. The zero-order valence-corrected chi connectivity index (χ0v) is 7.83. The van der Waals surface area contributed by atoms with E-state index in [0.717, 1.165) is 11.3 Å². The summed E-state index contributed by atoms with van der Waals surface area (Å²) >= 11 is 2.21. The van der Waals surface area contributed by atoms with Gasteiger partial charge in [-0.1, -0.05) is 12.8 Å². The molecule has 2 fully saturated rings. The van der Waals surface area contributed by atoms with Gasteiger partial charge >= 0.3 is 0 Å². The van der Waals surface area contributed by atoms with Crippen molar-refractivity contribution in [2.75, 3.05) is 12.3 Å². The second-order valence-corrected chi connectivity index (χ2v) is 4.95. The molecule has 0 aromatic rings. The van der Waals surface area contributed by atoms with Crippen LogP contribution in [0.1, 0.15) is 32.1 Å². The topological polar surface area (TPSA) is 12.0 Å². The van der Waals surface area contributed by atoms with E-state index in [2.05, 4.69) is 17.1 Å². The van der Waals surface area contributed by atoms with E-state index in [1.807, 2.05) is 0 Å². The molecule has 2 atom stereocenters. The molecule has 2 aliphatic rings. The summed E-state index contributed by atoms with van der Waals surface area (Å²) in [6.07, 6.45) is 7.18. The standard InChI is InChI=1S/C9H17NS/c1-2-5-9-8(4-1)10-6-3-7-11-9/h8-10H,1-7H2. The van der Waals surface area contributed by atoms with Crippen LogP contribution in [0.5, 0.6) is 0 Å². The summed E-state index contributed by atoms with van der Waals surface area (Å²) in [5.74, 6) is 1.38. The van der Waals surface area contributed by atoms with Crippen molar-refractivity contribution in [1.82, 2.24) is 5.32 Å². The summed E-state index contributed by atoms with van der Waals surface area (Å²) in [5.41, 5.74) is 0. The molecule has 64 valence electrons. The number of thioether (sulfide) groups is 1. The van der Waals surface area contributed by atoms with Crippen LogP contribution < -0.4 is 5.32 Å². The molecule has 1 heterocycles. The molecule has 1 aliphatic carbocycles. The summed E-state index contributed by atoms with van der Waals surface area (Å²) in [7, 11) is 0. The van der Waals surface area contributed by atoms with Gasteiger partial charge in [0.25, 0.3) is 0 Å². The largest absolute Gasteiger partial charge is 0.313 e. The predicted molar refractivity (Wildman–Crippen MR) is 51.1 cm³/mol. The van der Waals surface area contributed by atoms with Gasteiger partial charge in [-0.25, -0.2) is 0 Å². The first-order chi connectivity index (χ1) is 5.47. The number of fused-ring (bicyclic) bond motifs is 1. The molecule has 0 radical (unpaired) electrons. The molecule has 2 heteroatoms. The van der Waals surface area contributed by atoms with E-state index in [4.69, 9.17) is 0 Å². The van der Waals surface area contributed by atoms with Crippen LogP contribution in [0, 0.1) is 0 Å². The summed E-state index contributed by atoms with van der Waals surface area (Å²) < 4.78 is 0. The highest BCUT2D eigenvalue weighted by Crippen LogP contribution is 2.30. The molecular formula is C9H17NS. The minimum Gasteiger partial charge on any atom is -0.313 e. The molecule has 0 bridgehead atoms. The maximum atomic E-state index is 3.66. The number of hydrogen-bond acceptors (Lipinski definition) is 2. The fraction of sp³-hybridized carbons (Fsp3) is 1.00. The van der Waals surface area contributed by atoms with Gasteiger partial charge in [0.2, 0.25) is 0 Å². The van der Waals surface area contributed by atoms with Crippen molar-refractivity contribution in [2.45, 2.75) is 43.4 Å². The molecule has 2 rings (SSSR count). The lowest BCUT2D eigenvalue weighted by Gasteiger charge is -2.29. The van der Waals surface area contributed by atoms with Crippen molar-refractivity contribution >= 4 is 11.8 Å². The molecule has 1 saturated heterocycles.